The lowest BCUT2D eigenvalue weighted by atomic mass is 10.0. The fourth-order valence-electron chi connectivity index (χ4n) is 2.67. The molecular formula is C15H19NO3. The van der Waals surface area contributed by atoms with Crippen molar-refractivity contribution in [3.63, 3.8) is 0 Å². The minimum absolute atomic E-state index is 0.167. The summed E-state index contributed by atoms with van der Waals surface area (Å²) < 4.78 is 0. The Morgan fingerprint density at radius 1 is 1.26 bits per heavy atom. The maximum atomic E-state index is 12.2. The van der Waals surface area contributed by atoms with Gasteiger partial charge in [0.1, 0.15) is 0 Å². The molecule has 0 radical (unpaired) electrons. The molecule has 0 heterocycles. The number of amides is 1. The van der Waals surface area contributed by atoms with Crippen LogP contribution in [0.25, 0.3) is 0 Å². The molecule has 1 amide bonds. The molecule has 102 valence electrons. The van der Waals surface area contributed by atoms with Crippen molar-refractivity contribution in [1.29, 1.82) is 0 Å². The summed E-state index contributed by atoms with van der Waals surface area (Å²) in [4.78, 5) is 23.3. The second kappa shape index (κ2) is 5.43. The minimum Gasteiger partial charge on any atom is -0.481 e. The topological polar surface area (TPSA) is 66.4 Å². The molecule has 1 aliphatic carbocycles. The van der Waals surface area contributed by atoms with Gasteiger partial charge in [-0.3, -0.25) is 9.59 Å². The average molecular weight is 261 g/mol. The van der Waals surface area contributed by atoms with Gasteiger partial charge >= 0.3 is 5.97 Å². The highest BCUT2D eigenvalue weighted by Gasteiger charge is 2.34. The van der Waals surface area contributed by atoms with E-state index in [4.69, 9.17) is 5.11 Å². The number of nitrogens with one attached hydrogen (secondary N) is 1. The van der Waals surface area contributed by atoms with Crippen LogP contribution < -0.4 is 5.32 Å². The van der Waals surface area contributed by atoms with E-state index in [1.165, 1.54) is 0 Å². The van der Waals surface area contributed by atoms with Gasteiger partial charge in [0.15, 0.2) is 0 Å². The first-order valence-corrected chi connectivity index (χ1v) is 6.60. The van der Waals surface area contributed by atoms with E-state index < -0.39 is 11.9 Å². The molecule has 19 heavy (non-hydrogen) atoms. The Kier molecular flexibility index (Phi) is 3.88. The molecular weight excluding hydrogens is 242 g/mol. The summed E-state index contributed by atoms with van der Waals surface area (Å²) in [5, 5.41) is 12.0. The first-order chi connectivity index (χ1) is 9.00. The van der Waals surface area contributed by atoms with Crippen LogP contribution in [0, 0.1) is 19.8 Å². The third-order valence-electron chi connectivity index (χ3n) is 4.00. The molecule has 2 N–H and O–H groups in total. The van der Waals surface area contributed by atoms with Crippen LogP contribution in [0.1, 0.15) is 40.7 Å². The minimum atomic E-state index is -0.816. The Bertz CT molecular complexity index is 510. The van der Waals surface area contributed by atoms with E-state index in [0.717, 1.165) is 24.0 Å². The molecule has 1 aromatic rings. The van der Waals surface area contributed by atoms with E-state index in [1.54, 1.807) is 6.07 Å². The second-order valence-corrected chi connectivity index (χ2v) is 5.20. The van der Waals surface area contributed by atoms with E-state index in [9.17, 15) is 9.59 Å². The van der Waals surface area contributed by atoms with Crippen molar-refractivity contribution in [3.8, 4) is 0 Å². The van der Waals surface area contributed by atoms with Gasteiger partial charge in [0, 0.05) is 11.6 Å². The van der Waals surface area contributed by atoms with Crippen molar-refractivity contribution in [1.82, 2.24) is 5.32 Å². The number of carboxylic acid groups (broad SMARTS) is 1. The molecule has 1 aromatic carbocycles. The Balaban J connectivity index is 2.13. The molecule has 0 aliphatic heterocycles. The summed E-state index contributed by atoms with van der Waals surface area (Å²) in [5.74, 6) is -1.43. The van der Waals surface area contributed by atoms with Crippen molar-refractivity contribution < 1.29 is 14.7 Å². The Labute approximate surface area is 112 Å². The third kappa shape index (κ3) is 2.78. The zero-order valence-corrected chi connectivity index (χ0v) is 11.3. The van der Waals surface area contributed by atoms with Gasteiger partial charge in [-0.25, -0.2) is 0 Å². The maximum absolute atomic E-state index is 12.2. The molecule has 0 saturated heterocycles. The van der Waals surface area contributed by atoms with Crippen LogP contribution in [0.3, 0.4) is 0 Å². The lowest BCUT2D eigenvalue weighted by Crippen LogP contribution is -2.40. The number of hydrogen-bond donors (Lipinski definition) is 2. The number of carbonyl (C=O) groups excluding carboxylic acids is 1. The molecule has 1 fully saturated rings. The highest BCUT2D eigenvalue weighted by molar-refractivity contribution is 5.96. The fraction of sp³-hybridized carbons (Fsp3) is 0.467. The Morgan fingerprint density at radius 3 is 2.68 bits per heavy atom. The smallest absolute Gasteiger partial charge is 0.308 e. The first-order valence-electron chi connectivity index (χ1n) is 6.60. The van der Waals surface area contributed by atoms with E-state index in [-0.39, 0.29) is 11.9 Å². The lowest BCUT2D eigenvalue weighted by molar-refractivity contribution is -0.142. The second-order valence-electron chi connectivity index (χ2n) is 5.20. The monoisotopic (exact) mass is 261 g/mol. The predicted octanol–water partition coefficient (Wildman–Crippen LogP) is 2.29. The fourth-order valence-corrected chi connectivity index (χ4v) is 2.67. The van der Waals surface area contributed by atoms with E-state index in [2.05, 4.69) is 5.32 Å². The lowest BCUT2D eigenvalue weighted by Gasteiger charge is -2.18. The van der Waals surface area contributed by atoms with Crippen LogP contribution in [0.5, 0.6) is 0 Å². The maximum Gasteiger partial charge on any atom is 0.308 e. The highest BCUT2D eigenvalue weighted by Crippen LogP contribution is 2.26. The highest BCUT2D eigenvalue weighted by atomic mass is 16.4. The molecule has 2 rings (SSSR count). The summed E-state index contributed by atoms with van der Waals surface area (Å²) in [6, 6.07) is 5.34. The van der Waals surface area contributed by atoms with E-state index in [1.807, 2.05) is 26.0 Å². The molecule has 1 aliphatic rings. The van der Waals surface area contributed by atoms with Gasteiger partial charge in [-0.2, -0.15) is 0 Å². The van der Waals surface area contributed by atoms with Crippen molar-refractivity contribution >= 4 is 11.9 Å². The summed E-state index contributed by atoms with van der Waals surface area (Å²) in [5.41, 5.74) is 2.65. The van der Waals surface area contributed by atoms with Crippen LogP contribution >= 0.6 is 0 Å². The summed E-state index contributed by atoms with van der Waals surface area (Å²) >= 11 is 0. The van der Waals surface area contributed by atoms with Gasteiger partial charge in [0.05, 0.1) is 5.92 Å². The quantitative estimate of drug-likeness (QED) is 0.877. The Morgan fingerprint density at radius 2 is 2.00 bits per heavy atom. The summed E-state index contributed by atoms with van der Waals surface area (Å²) in [6.45, 7) is 3.87. The number of aliphatic carboxylic acids is 1. The molecule has 0 aromatic heterocycles. The average Bonchev–Trinajstić information content (AvgIpc) is 2.80. The van der Waals surface area contributed by atoms with Crippen molar-refractivity contribution in [2.24, 2.45) is 5.92 Å². The third-order valence-corrected chi connectivity index (χ3v) is 4.00. The largest absolute Gasteiger partial charge is 0.481 e. The molecule has 4 nitrogen and oxygen atoms in total. The van der Waals surface area contributed by atoms with E-state index in [0.29, 0.717) is 12.0 Å². The van der Waals surface area contributed by atoms with Gasteiger partial charge in [-0.15, -0.1) is 0 Å². The number of rotatable bonds is 3. The molecule has 1 saturated carbocycles. The van der Waals surface area contributed by atoms with Gasteiger partial charge in [0.2, 0.25) is 0 Å². The zero-order valence-electron chi connectivity index (χ0n) is 11.3. The normalized spacial score (nSPS) is 22.2. The number of benzene rings is 1. The number of carboxylic acids is 1. The van der Waals surface area contributed by atoms with Crippen LogP contribution in [0.4, 0.5) is 0 Å². The van der Waals surface area contributed by atoms with Crippen molar-refractivity contribution in [2.75, 3.05) is 0 Å². The number of carbonyl (C=O) groups is 2. The van der Waals surface area contributed by atoms with Crippen molar-refractivity contribution in [3.05, 3.63) is 34.9 Å². The molecule has 0 unspecified atom stereocenters. The van der Waals surface area contributed by atoms with Crippen LogP contribution in [-0.2, 0) is 4.79 Å². The van der Waals surface area contributed by atoms with Crippen LogP contribution in [-0.4, -0.2) is 23.0 Å². The molecule has 4 heteroatoms. The SMILES string of the molecule is Cc1cccc(C(=O)N[C@@H]2CCC[C@@H]2C(=O)O)c1C. The number of aryl methyl sites for hydroxylation is 1. The van der Waals surface area contributed by atoms with Gasteiger partial charge in [-0.1, -0.05) is 18.6 Å². The van der Waals surface area contributed by atoms with Crippen LogP contribution in [0.2, 0.25) is 0 Å². The summed E-state index contributed by atoms with van der Waals surface area (Å²) in [6.07, 6.45) is 2.25. The summed E-state index contributed by atoms with van der Waals surface area (Å²) in [7, 11) is 0. The molecule has 0 spiro atoms. The molecule has 2 atom stereocenters. The van der Waals surface area contributed by atoms with Gasteiger partial charge < -0.3 is 10.4 Å². The first kappa shape index (κ1) is 13.6. The van der Waals surface area contributed by atoms with Crippen molar-refractivity contribution in [2.45, 2.75) is 39.2 Å². The van der Waals surface area contributed by atoms with Gasteiger partial charge in [0.25, 0.3) is 5.91 Å². The predicted molar refractivity (Wildman–Crippen MR) is 72.1 cm³/mol. The van der Waals surface area contributed by atoms with Gasteiger partial charge in [-0.05, 0) is 43.9 Å². The molecule has 0 bridgehead atoms. The number of hydrogen-bond acceptors (Lipinski definition) is 2. The standard InChI is InChI=1S/C15H19NO3/c1-9-5-3-6-11(10(9)2)14(17)16-13-8-4-7-12(13)15(18)19/h3,5-6,12-13H,4,7-8H2,1-2H3,(H,16,17)(H,18,19)/t12-,13+/m0/s1. The Hall–Kier alpha value is -1.84. The van der Waals surface area contributed by atoms with E-state index >= 15 is 0 Å². The zero-order chi connectivity index (χ0) is 14.0. The van der Waals surface area contributed by atoms with Crippen LogP contribution in [0.15, 0.2) is 18.2 Å².